The van der Waals surface area contributed by atoms with Gasteiger partial charge in [-0.3, -0.25) is 14.5 Å². The highest BCUT2D eigenvalue weighted by molar-refractivity contribution is 7.88. The molecule has 2 N–H and O–H groups in total. The van der Waals surface area contributed by atoms with Gasteiger partial charge in [-0.25, -0.2) is 13.1 Å². The van der Waals surface area contributed by atoms with Gasteiger partial charge in [-0.1, -0.05) is 0 Å². The number of likely N-dealkylation sites (tertiary alicyclic amines) is 1. The lowest BCUT2D eigenvalue weighted by atomic mass is 10.2. The van der Waals surface area contributed by atoms with Crippen LogP contribution < -0.4 is 10.0 Å². The Balaban J connectivity index is 2.41. The molecule has 1 rings (SSSR count). The SMILES string of the molecule is CC(C)N1C(=O)CC(NCCNS(C)(=O)=O)C1=O. The van der Waals surface area contributed by atoms with Gasteiger partial charge in [0.1, 0.15) is 0 Å². The predicted molar refractivity (Wildman–Crippen MR) is 66.2 cm³/mol. The number of hydrogen-bond donors (Lipinski definition) is 2. The average molecular weight is 277 g/mol. The number of rotatable bonds is 6. The zero-order chi connectivity index (χ0) is 13.9. The van der Waals surface area contributed by atoms with E-state index in [1.165, 1.54) is 4.90 Å². The van der Waals surface area contributed by atoms with E-state index in [0.29, 0.717) is 6.54 Å². The smallest absolute Gasteiger partial charge is 0.247 e. The molecule has 0 aromatic rings. The van der Waals surface area contributed by atoms with Crippen LogP contribution in [-0.4, -0.2) is 56.6 Å². The summed E-state index contributed by atoms with van der Waals surface area (Å²) in [5.41, 5.74) is 0. The van der Waals surface area contributed by atoms with Gasteiger partial charge in [0.15, 0.2) is 0 Å². The van der Waals surface area contributed by atoms with Crippen molar-refractivity contribution in [2.75, 3.05) is 19.3 Å². The van der Waals surface area contributed by atoms with Crippen molar-refractivity contribution in [1.29, 1.82) is 0 Å². The van der Waals surface area contributed by atoms with Crippen LogP contribution in [0.15, 0.2) is 0 Å². The molecule has 0 saturated carbocycles. The van der Waals surface area contributed by atoms with E-state index in [1.54, 1.807) is 13.8 Å². The Kier molecular flexibility index (Phi) is 4.83. The van der Waals surface area contributed by atoms with Gasteiger partial charge in [-0.2, -0.15) is 0 Å². The summed E-state index contributed by atoms with van der Waals surface area (Å²) >= 11 is 0. The third-order valence-electron chi connectivity index (χ3n) is 2.58. The molecule has 0 spiro atoms. The zero-order valence-electron chi connectivity index (χ0n) is 10.8. The molecule has 8 heteroatoms. The first-order valence-electron chi connectivity index (χ1n) is 5.76. The van der Waals surface area contributed by atoms with Crippen LogP contribution >= 0.6 is 0 Å². The lowest BCUT2D eigenvalue weighted by Crippen LogP contribution is -2.43. The molecule has 0 aromatic heterocycles. The lowest BCUT2D eigenvalue weighted by Gasteiger charge is -2.19. The highest BCUT2D eigenvalue weighted by atomic mass is 32.2. The normalized spacial score (nSPS) is 21.1. The maximum atomic E-state index is 11.9. The van der Waals surface area contributed by atoms with E-state index in [1.807, 2.05) is 0 Å². The van der Waals surface area contributed by atoms with E-state index in [4.69, 9.17) is 0 Å². The quantitative estimate of drug-likeness (QED) is 0.463. The molecule has 1 heterocycles. The fraction of sp³-hybridized carbons (Fsp3) is 0.800. The van der Waals surface area contributed by atoms with Crippen molar-refractivity contribution in [3.8, 4) is 0 Å². The molecule has 1 unspecified atom stereocenters. The first-order chi connectivity index (χ1) is 8.22. The molecule has 0 radical (unpaired) electrons. The van der Waals surface area contributed by atoms with E-state index in [9.17, 15) is 18.0 Å². The number of hydrogen-bond acceptors (Lipinski definition) is 5. The fourth-order valence-corrected chi connectivity index (χ4v) is 2.31. The molecular formula is C10H19N3O4S. The van der Waals surface area contributed by atoms with Crippen molar-refractivity contribution in [2.24, 2.45) is 0 Å². The third kappa shape index (κ3) is 4.04. The Bertz CT molecular complexity index is 432. The molecule has 1 fully saturated rings. The van der Waals surface area contributed by atoms with Gasteiger partial charge in [0.05, 0.1) is 18.7 Å². The summed E-state index contributed by atoms with van der Waals surface area (Å²) in [7, 11) is -3.22. The van der Waals surface area contributed by atoms with Gasteiger partial charge in [-0.05, 0) is 13.8 Å². The second-order valence-electron chi connectivity index (χ2n) is 4.57. The van der Waals surface area contributed by atoms with Gasteiger partial charge < -0.3 is 5.32 Å². The molecule has 1 saturated heterocycles. The molecule has 0 aromatic carbocycles. The van der Waals surface area contributed by atoms with Gasteiger partial charge in [0.2, 0.25) is 21.8 Å². The van der Waals surface area contributed by atoms with Crippen molar-refractivity contribution in [1.82, 2.24) is 14.9 Å². The molecule has 1 aliphatic rings. The molecule has 0 aliphatic carbocycles. The van der Waals surface area contributed by atoms with E-state index in [2.05, 4.69) is 10.0 Å². The zero-order valence-corrected chi connectivity index (χ0v) is 11.6. The van der Waals surface area contributed by atoms with Gasteiger partial charge in [0, 0.05) is 19.1 Å². The maximum Gasteiger partial charge on any atom is 0.247 e. The number of amides is 2. The van der Waals surface area contributed by atoms with Crippen LogP contribution in [0.4, 0.5) is 0 Å². The second kappa shape index (κ2) is 5.77. The number of nitrogens with one attached hydrogen (secondary N) is 2. The summed E-state index contributed by atoms with van der Waals surface area (Å²) in [5.74, 6) is -0.432. The Morgan fingerprint density at radius 2 is 1.94 bits per heavy atom. The van der Waals surface area contributed by atoms with Gasteiger partial charge in [-0.15, -0.1) is 0 Å². The minimum atomic E-state index is -3.22. The molecule has 7 nitrogen and oxygen atoms in total. The van der Waals surface area contributed by atoms with Crippen LogP contribution in [0.25, 0.3) is 0 Å². The van der Waals surface area contributed by atoms with Crippen molar-refractivity contribution in [3.63, 3.8) is 0 Å². The standard InChI is InChI=1S/C10H19N3O4S/c1-7(2)13-9(14)6-8(10(13)15)11-4-5-12-18(3,16)17/h7-8,11-12H,4-6H2,1-3H3. The summed E-state index contributed by atoms with van der Waals surface area (Å²) in [5, 5.41) is 2.88. The summed E-state index contributed by atoms with van der Waals surface area (Å²) < 4.78 is 23.9. The van der Waals surface area contributed by atoms with Crippen molar-refractivity contribution >= 4 is 21.8 Å². The topological polar surface area (TPSA) is 95.6 Å². The highest BCUT2D eigenvalue weighted by Gasteiger charge is 2.39. The molecule has 1 aliphatic heterocycles. The van der Waals surface area contributed by atoms with Crippen LogP contribution in [0.5, 0.6) is 0 Å². The Morgan fingerprint density at radius 1 is 1.33 bits per heavy atom. The van der Waals surface area contributed by atoms with Gasteiger partial charge >= 0.3 is 0 Å². The third-order valence-corrected chi connectivity index (χ3v) is 3.31. The second-order valence-corrected chi connectivity index (χ2v) is 6.41. The molecule has 2 amide bonds. The molecule has 18 heavy (non-hydrogen) atoms. The lowest BCUT2D eigenvalue weighted by molar-refractivity contribution is -0.140. The number of imide groups is 1. The number of sulfonamides is 1. The van der Waals surface area contributed by atoms with Crippen LogP contribution in [0, 0.1) is 0 Å². The Morgan fingerprint density at radius 3 is 2.39 bits per heavy atom. The van der Waals surface area contributed by atoms with Crippen molar-refractivity contribution < 1.29 is 18.0 Å². The molecule has 1 atom stereocenters. The minimum Gasteiger partial charge on any atom is -0.304 e. The van der Waals surface area contributed by atoms with Crippen molar-refractivity contribution in [2.45, 2.75) is 32.4 Å². The summed E-state index contributed by atoms with van der Waals surface area (Å²) in [6.07, 6.45) is 1.20. The highest BCUT2D eigenvalue weighted by Crippen LogP contribution is 2.15. The first-order valence-corrected chi connectivity index (χ1v) is 7.65. The fourth-order valence-electron chi connectivity index (χ4n) is 1.84. The van der Waals surface area contributed by atoms with Gasteiger partial charge in [0.25, 0.3) is 0 Å². The Labute approximate surface area is 107 Å². The molecule has 104 valence electrons. The summed E-state index contributed by atoms with van der Waals surface area (Å²) in [6.45, 7) is 4.06. The first kappa shape index (κ1) is 15.1. The van der Waals surface area contributed by atoms with Crippen LogP contribution in [-0.2, 0) is 19.6 Å². The number of carbonyl (C=O) groups is 2. The largest absolute Gasteiger partial charge is 0.304 e. The Hall–Kier alpha value is -0.990. The van der Waals surface area contributed by atoms with E-state index in [0.717, 1.165) is 6.26 Å². The van der Waals surface area contributed by atoms with Crippen molar-refractivity contribution in [3.05, 3.63) is 0 Å². The molecular weight excluding hydrogens is 258 g/mol. The van der Waals surface area contributed by atoms with Crippen LogP contribution in [0.3, 0.4) is 0 Å². The molecule has 0 bridgehead atoms. The average Bonchev–Trinajstić information content (AvgIpc) is 2.47. The maximum absolute atomic E-state index is 11.9. The van der Waals surface area contributed by atoms with Crippen LogP contribution in [0.2, 0.25) is 0 Å². The number of carbonyl (C=O) groups excluding carboxylic acids is 2. The van der Waals surface area contributed by atoms with E-state index < -0.39 is 16.1 Å². The van der Waals surface area contributed by atoms with Crippen LogP contribution in [0.1, 0.15) is 20.3 Å². The predicted octanol–water partition coefficient (Wildman–Crippen LogP) is -1.34. The monoisotopic (exact) mass is 277 g/mol. The number of nitrogens with zero attached hydrogens (tertiary/aromatic N) is 1. The minimum absolute atomic E-state index is 0.135. The summed E-state index contributed by atoms with van der Waals surface area (Å²) in [4.78, 5) is 24.7. The van der Waals surface area contributed by atoms with E-state index >= 15 is 0 Å². The summed E-state index contributed by atoms with van der Waals surface area (Å²) in [6, 6.07) is -0.688. The van der Waals surface area contributed by atoms with E-state index in [-0.39, 0.29) is 30.8 Å².